The Kier molecular flexibility index (Phi) is 28.2. The standard InChI is InChI=1S/C30H53ClO16S2/c31-29-6-5-28(46-23-21-44-19-17-42-15-13-40-11-9-38-7-1-3-25-48(32,33)34)27-30(29)47-24-22-45-20-18-43-16-14-41-12-10-39-8-2-4-26-49(35,36)37/h5-6,27H,1-4,7-26H2,(H,32,33,34)(H,35,36,37). The summed E-state index contributed by atoms with van der Waals surface area (Å²) >= 11 is 6.23. The molecule has 0 radical (unpaired) electrons. The van der Waals surface area contributed by atoms with E-state index in [2.05, 4.69) is 0 Å². The topological polar surface area (TPSA) is 201 Å². The maximum atomic E-state index is 10.6. The van der Waals surface area contributed by atoms with Gasteiger partial charge in [0.2, 0.25) is 0 Å². The molecule has 0 heterocycles. The van der Waals surface area contributed by atoms with E-state index in [1.807, 2.05) is 0 Å². The van der Waals surface area contributed by atoms with Gasteiger partial charge in [0.05, 0.1) is 109 Å². The molecule has 0 saturated heterocycles. The van der Waals surface area contributed by atoms with E-state index in [-0.39, 0.29) is 11.5 Å². The Morgan fingerprint density at radius 2 is 0.776 bits per heavy atom. The normalized spacial score (nSPS) is 12.1. The Balaban J connectivity index is 1.90. The van der Waals surface area contributed by atoms with E-state index < -0.39 is 20.2 Å². The molecule has 0 aromatic heterocycles. The van der Waals surface area contributed by atoms with Crippen molar-refractivity contribution < 1.29 is 73.3 Å². The van der Waals surface area contributed by atoms with Crippen LogP contribution in [0.5, 0.6) is 11.5 Å². The smallest absolute Gasteiger partial charge is 0.264 e. The van der Waals surface area contributed by atoms with Gasteiger partial charge in [-0.25, -0.2) is 0 Å². The van der Waals surface area contributed by atoms with Crippen molar-refractivity contribution in [2.75, 3.05) is 130 Å². The number of halogens is 1. The van der Waals surface area contributed by atoms with Gasteiger partial charge in [-0.2, -0.15) is 16.8 Å². The van der Waals surface area contributed by atoms with Crippen LogP contribution in [-0.4, -0.2) is 156 Å². The molecule has 0 atom stereocenters. The molecule has 0 spiro atoms. The van der Waals surface area contributed by atoms with Crippen LogP contribution >= 0.6 is 11.6 Å². The summed E-state index contributed by atoms with van der Waals surface area (Å²) in [5, 5.41) is 0.455. The maximum absolute atomic E-state index is 10.6. The van der Waals surface area contributed by atoms with Crippen LogP contribution in [0.1, 0.15) is 25.7 Å². The summed E-state index contributed by atoms with van der Waals surface area (Å²) in [5.41, 5.74) is 0. The summed E-state index contributed by atoms with van der Waals surface area (Å²) in [5.74, 6) is 0.564. The van der Waals surface area contributed by atoms with Gasteiger partial charge in [0, 0.05) is 19.3 Å². The molecule has 0 saturated carbocycles. The quantitative estimate of drug-likeness (QED) is 0.0745. The van der Waals surface area contributed by atoms with Gasteiger partial charge in [-0.1, -0.05) is 11.6 Å². The fraction of sp³-hybridized carbons (Fsp3) is 0.800. The van der Waals surface area contributed by atoms with Gasteiger partial charge < -0.3 is 47.4 Å². The van der Waals surface area contributed by atoms with Crippen LogP contribution in [0.25, 0.3) is 0 Å². The minimum atomic E-state index is -3.91. The van der Waals surface area contributed by atoms with Crippen molar-refractivity contribution in [2.45, 2.75) is 25.7 Å². The maximum Gasteiger partial charge on any atom is 0.264 e. The molecule has 0 fully saturated rings. The Hall–Kier alpha value is -1.39. The van der Waals surface area contributed by atoms with Crippen LogP contribution < -0.4 is 9.47 Å². The Morgan fingerprint density at radius 1 is 0.449 bits per heavy atom. The van der Waals surface area contributed by atoms with E-state index in [1.165, 1.54) is 0 Å². The number of hydrogen-bond donors (Lipinski definition) is 2. The van der Waals surface area contributed by atoms with Gasteiger partial charge in [-0.3, -0.25) is 9.11 Å². The number of ether oxygens (including phenoxy) is 10. The fourth-order valence-electron chi connectivity index (χ4n) is 3.61. The summed E-state index contributed by atoms with van der Waals surface area (Å²) < 4.78 is 114. The van der Waals surface area contributed by atoms with Crippen molar-refractivity contribution in [2.24, 2.45) is 0 Å². The Morgan fingerprint density at radius 3 is 1.14 bits per heavy atom. The Labute approximate surface area is 295 Å². The summed E-state index contributed by atoms with van der Waals surface area (Å²) in [7, 11) is -7.81. The summed E-state index contributed by atoms with van der Waals surface area (Å²) in [4.78, 5) is 0. The first-order valence-electron chi connectivity index (χ1n) is 16.1. The lowest BCUT2D eigenvalue weighted by molar-refractivity contribution is -0.00497. The molecule has 0 aliphatic heterocycles. The predicted octanol–water partition coefficient (Wildman–Crippen LogP) is 2.57. The zero-order valence-electron chi connectivity index (χ0n) is 28.0. The van der Waals surface area contributed by atoms with Crippen LogP contribution in [0.15, 0.2) is 18.2 Å². The molecule has 0 aliphatic carbocycles. The zero-order valence-corrected chi connectivity index (χ0v) is 30.4. The van der Waals surface area contributed by atoms with Crippen molar-refractivity contribution in [3.8, 4) is 11.5 Å². The van der Waals surface area contributed by atoms with Crippen LogP contribution in [0.2, 0.25) is 5.02 Å². The third kappa shape index (κ3) is 32.3. The van der Waals surface area contributed by atoms with Crippen molar-refractivity contribution >= 4 is 31.8 Å². The molecule has 49 heavy (non-hydrogen) atoms. The van der Waals surface area contributed by atoms with Crippen LogP contribution in [0, 0.1) is 0 Å². The number of benzene rings is 1. The molecule has 19 heteroatoms. The molecule has 0 amide bonds. The minimum Gasteiger partial charge on any atom is -0.491 e. The lowest BCUT2D eigenvalue weighted by Gasteiger charge is -2.12. The first-order chi connectivity index (χ1) is 23.6. The van der Waals surface area contributed by atoms with Crippen molar-refractivity contribution in [3.63, 3.8) is 0 Å². The van der Waals surface area contributed by atoms with Crippen molar-refractivity contribution in [3.05, 3.63) is 23.2 Å². The highest BCUT2D eigenvalue weighted by Crippen LogP contribution is 2.29. The summed E-state index contributed by atoms with van der Waals surface area (Å²) in [6.07, 6.45) is 1.80. The molecular weight excluding hydrogens is 716 g/mol. The molecule has 1 aromatic rings. The second-order valence-electron chi connectivity index (χ2n) is 10.2. The second kappa shape index (κ2) is 30.3. The first kappa shape index (κ1) is 45.6. The van der Waals surface area contributed by atoms with Gasteiger partial charge in [0.15, 0.2) is 0 Å². The van der Waals surface area contributed by atoms with E-state index in [0.717, 1.165) is 0 Å². The highest BCUT2D eigenvalue weighted by molar-refractivity contribution is 7.86. The molecule has 0 unspecified atom stereocenters. The molecule has 1 aromatic carbocycles. The van der Waals surface area contributed by atoms with E-state index >= 15 is 0 Å². The first-order valence-corrected chi connectivity index (χ1v) is 19.7. The van der Waals surface area contributed by atoms with Gasteiger partial charge in [-0.05, 0) is 37.8 Å². The number of unbranched alkanes of at least 4 members (excludes halogenated alkanes) is 2. The molecule has 0 bridgehead atoms. The monoisotopic (exact) mass is 768 g/mol. The second-order valence-corrected chi connectivity index (χ2v) is 13.7. The minimum absolute atomic E-state index is 0.257. The molecule has 0 aliphatic rings. The van der Waals surface area contributed by atoms with Crippen LogP contribution in [0.3, 0.4) is 0 Å². The highest BCUT2D eigenvalue weighted by atomic mass is 35.5. The van der Waals surface area contributed by atoms with Crippen LogP contribution in [-0.2, 0) is 58.1 Å². The largest absolute Gasteiger partial charge is 0.491 e. The Bertz CT molecular complexity index is 1140. The summed E-state index contributed by atoms with van der Waals surface area (Å²) in [6, 6.07) is 5.15. The molecular formula is C30H53ClO16S2. The number of hydrogen-bond acceptors (Lipinski definition) is 14. The zero-order chi connectivity index (χ0) is 35.9. The fourth-order valence-corrected chi connectivity index (χ4v) is 4.92. The van der Waals surface area contributed by atoms with E-state index in [9.17, 15) is 16.8 Å². The molecule has 288 valence electrons. The van der Waals surface area contributed by atoms with Gasteiger partial charge in [0.1, 0.15) is 24.7 Å². The molecule has 2 N–H and O–H groups in total. The lowest BCUT2D eigenvalue weighted by atomic mass is 10.3. The number of rotatable bonds is 36. The third-order valence-electron chi connectivity index (χ3n) is 6.00. The molecule has 1 rings (SSSR count). The summed E-state index contributed by atoms with van der Waals surface area (Å²) in [6.45, 7) is 7.08. The SMILES string of the molecule is O=S(=O)(O)CCCCOCCOCCOCCOCCOc1ccc(Cl)c(OCCOCCOCCOCCOCCCCS(=O)(=O)O)c1. The van der Waals surface area contributed by atoms with Gasteiger partial charge in [0.25, 0.3) is 20.2 Å². The van der Waals surface area contributed by atoms with Crippen LogP contribution in [0.4, 0.5) is 0 Å². The van der Waals surface area contributed by atoms with E-state index in [4.69, 9.17) is 68.1 Å². The third-order valence-corrected chi connectivity index (χ3v) is 7.92. The van der Waals surface area contributed by atoms with E-state index in [0.29, 0.717) is 161 Å². The highest BCUT2D eigenvalue weighted by Gasteiger charge is 2.06. The van der Waals surface area contributed by atoms with Gasteiger partial charge in [-0.15, -0.1) is 0 Å². The van der Waals surface area contributed by atoms with Crippen molar-refractivity contribution in [1.82, 2.24) is 0 Å². The molecule has 16 nitrogen and oxygen atoms in total. The van der Waals surface area contributed by atoms with E-state index in [1.54, 1.807) is 18.2 Å². The average Bonchev–Trinajstić information content (AvgIpc) is 3.04. The lowest BCUT2D eigenvalue weighted by Crippen LogP contribution is -2.14. The average molecular weight is 769 g/mol. The van der Waals surface area contributed by atoms with Crippen molar-refractivity contribution in [1.29, 1.82) is 0 Å². The predicted molar refractivity (Wildman–Crippen MR) is 180 cm³/mol. The van der Waals surface area contributed by atoms with Gasteiger partial charge >= 0.3 is 0 Å².